The number of aromatic nitrogens is 3. The van der Waals surface area contributed by atoms with Gasteiger partial charge in [-0.15, -0.1) is 5.10 Å². The average molecular weight is 363 g/mol. The average Bonchev–Trinajstić information content (AvgIpc) is 2.57. The number of piperazine rings is 1. The van der Waals surface area contributed by atoms with Gasteiger partial charge in [-0.25, -0.2) is 0 Å². The molecule has 1 saturated heterocycles. The molecule has 2 heterocycles. The van der Waals surface area contributed by atoms with Crippen LogP contribution in [0.1, 0.15) is 0 Å². The number of hydrogen-bond acceptors (Lipinski definition) is 6. The van der Waals surface area contributed by atoms with Crippen molar-refractivity contribution in [2.45, 2.75) is 0 Å². The van der Waals surface area contributed by atoms with Crippen molar-refractivity contribution >= 4 is 39.8 Å². The highest BCUT2D eigenvalue weighted by Crippen LogP contribution is 2.19. The summed E-state index contributed by atoms with van der Waals surface area (Å²) in [7, 11) is 0. The highest BCUT2D eigenvalue weighted by Gasteiger charge is 2.18. The van der Waals surface area contributed by atoms with Crippen molar-refractivity contribution in [1.29, 1.82) is 0 Å². The van der Waals surface area contributed by atoms with Crippen LogP contribution in [-0.4, -0.2) is 52.7 Å². The van der Waals surface area contributed by atoms with E-state index >= 15 is 0 Å². The molecule has 2 aromatic rings. The molecule has 22 heavy (non-hydrogen) atoms. The van der Waals surface area contributed by atoms with Gasteiger partial charge in [-0.05, 0) is 24.3 Å². The van der Waals surface area contributed by atoms with Crippen LogP contribution in [0.3, 0.4) is 0 Å². The minimum atomic E-state index is 0.577. The summed E-state index contributed by atoms with van der Waals surface area (Å²) in [4.78, 5) is 19.0. The quantitative estimate of drug-likeness (QED) is 0.833. The van der Waals surface area contributed by atoms with E-state index in [1.54, 1.807) is 11.1 Å². The number of carbonyl (C=O) groups excluding carboxylic acids is 1. The van der Waals surface area contributed by atoms with Crippen molar-refractivity contribution in [1.82, 2.24) is 20.1 Å². The molecular formula is C14H15BrN6O. The van der Waals surface area contributed by atoms with Gasteiger partial charge in [0.15, 0.2) is 5.82 Å². The molecule has 0 bridgehead atoms. The largest absolute Gasteiger partial charge is 0.342 e. The Hall–Kier alpha value is -2.22. The Bertz CT molecular complexity index is 642. The van der Waals surface area contributed by atoms with Crippen molar-refractivity contribution in [2.75, 3.05) is 36.4 Å². The molecule has 0 saturated carbocycles. The number of amides is 1. The summed E-state index contributed by atoms with van der Waals surface area (Å²) in [6.45, 7) is 2.78. The first kappa shape index (κ1) is 14.7. The third-order valence-electron chi connectivity index (χ3n) is 3.41. The Kier molecular flexibility index (Phi) is 4.47. The second-order valence-corrected chi connectivity index (χ2v) is 5.82. The first-order valence-electron chi connectivity index (χ1n) is 6.91. The second kappa shape index (κ2) is 6.69. The van der Waals surface area contributed by atoms with E-state index in [-0.39, 0.29) is 0 Å². The number of anilines is 3. The van der Waals surface area contributed by atoms with Gasteiger partial charge < -0.3 is 15.1 Å². The molecule has 1 amide bonds. The van der Waals surface area contributed by atoms with Crippen molar-refractivity contribution in [3.05, 3.63) is 34.9 Å². The minimum Gasteiger partial charge on any atom is -0.342 e. The van der Waals surface area contributed by atoms with Crippen molar-refractivity contribution in [3.63, 3.8) is 0 Å². The number of nitrogens with zero attached hydrogens (tertiary/aromatic N) is 5. The Morgan fingerprint density at radius 1 is 1.14 bits per heavy atom. The van der Waals surface area contributed by atoms with Crippen LogP contribution in [0.2, 0.25) is 0 Å². The molecule has 1 aromatic carbocycles. The van der Waals surface area contributed by atoms with Gasteiger partial charge in [0.25, 0.3) is 0 Å². The summed E-state index contributed by atoms with van der Waals surface area (Å²) in [6.07, 6.45) is 2.47. The number of rotatable bonds is 4. The lowest BCUT2D eigenvalue weighted by Crippen LogP contribution is -2.46. The highest BCUT2D eigenvalue weighted by atomic mass is 79.9. The predicted octanol–water partition coefficient (Wildman–Crippen LogP) is 1.66. The van der Waals surface area contributed by atoms with Crippen LogP contribution < -0.4 is 10.2 Å². The van der Waals surface area contributed by atoms with E-state index in [4.69, 9.17) is 0 Å². The van der Waals surface area contributed by atoms with Crippen molar-refractivity contribution in [2.24, 2.45) is 0 Å². The lowest BCUT2D eigenvalue weighted by Gasteiger charge is -2.32. The van der Waals surface area contributed by atoms with Gasteiger partial charge in [-0.3, -0.25) is 4.79 Å². The van der Waals surface area contributed by atoms with Gasteiger partial charge in [-0.2, -0.15) is 10.1 Å². The zero-order chi connectivity index (χ0) is 15.4. The van der Waals surface area contributed by atoms with Crippen LogP contribution in [0.4, 0.5) is 17.5 Å². The smallest absolute Gasteiger partial charge is 0.247 e. The maximum absolute atomic E-state index is 10.7. The van der Waals surface area contributed by atoms with E-state index in [1.165, 1.54) is 0 Å². The third-order valence-corrected chi connectivity index (χ3v) is 3.94. The van der Waals surface area contributed by atoms with Crippen LogP contribution in [0.15, 0.2) is 34.9 Å². The molecule has 1 aliphatic heterocycles. The third kappa shape index (κ3) is 3.51. The molecule has 3 rings (SSSR count). The number of benzene rings is 1. The molecule has 0 atom stereocenters. The SMILES string of the molecule is O=CN1CCN(c2nncc(Nc3ccc(Br)cc3)n2)CC1. The fourth-order valence-electron chi connectivity index (χ4n) is 2.20. The molecule has 0 unspecified atom stereocenters. The van der Waals surface area contributed by atoms with Crippen LogP contribution in [0.5, 0.6) is 0 Å². The van der Waals surface area contributed by atoms with Crippen LogP contribution in [0, 0.1) is 0 Å². The summed E-state index contributed by atoms with van der Waals surface area (Å²) in [6, 6.07) is 7.82. The first-order valence-corrected chi connectivity index (χ1v) is 7.70. The molecule has 0 radical (unpaired) electrons. The number of hydrogen-bond donors (Lipinski definition) is 1. The van der Waals surface area contributed by atoms with E-state index in [0.717, 1.165) is 16.6 Å². The van der Waals surface area contributed by atoms with Crippen molar-refractivity contribution < 1.29 is 4.79 Å². The van der Waals surface area contributed by atoms with Gasteiger partial charge in [0.1, 0.15) is 0 Å². The zero-order valence-electron chi connectivity index (χ0n) is 11.8. The Balaban J connectivity index is 1.70. The van der Waals surface area contributed by atoms with Crippen molar-refractivity contribution in [3.8, 4) is 0 Å². The highest BCUT2D eigenvalue weighted by molar-refractivity contribution is 9.10. The van der Waals surface area contributed by atoms with E-state index < -0.39 is 0 Å². The fourth-order valence-corrected chi connectivity index (χ4v) is 2.46. The fraction of sp³-hybridized carbons (Fsp3) is 0.286. The van der Waals surface area contributed by atoms with Crippen LogP contribution >= 0.6 is 15.9 Å². The summed E-state index contributed by atoms with van der Waals surface area (Å²) >= 11 is 3.40. The van der Waals surface area contributed by atoms with Gasteiger partial charge in [0, 0.05) is 36.3 Å². The van der Waals surface area contributed by atoms with E-state index in [0.29, 0.717) is 37.9 Å². The maximum Gasteiger partial charge on any atom is 0.247 e. The normalized spacial score (nSPS) is 14.8. The van der Waals surface area contributed by atoms with E-state index in [9.17, 15) is 4.79 Å². The summed E-state index contributed by atoms with van der Waals surface area (Å²) in [5.74, 6) is 1.22. The number of halogens is 1. The predicted molar refractivity (Wildman–Crippen MR) is 87.1 cm³/mol. The van der Waals surface area contributed by atoms with E-state index in [2.05, 4.69) is 36.4 Å². The lowest BCUT2D eigenvalue weighted by molar-refractivity contribution is -0.118. The molecule has 1 aromatic heterocycles. The zero-order valence-corrected chi connectivity index (χ0v) is 13.4. The molecule has 1 fully saturated rings. The first-order chi connectivity index (χ1) is 10.7. The molecule has 0 spiro atoms. The van der Waals surface area contributed by atoms with Gasteiger partial charge in [-0.1, -0.05) is 15.9 Å². The molecular weight excluding hydrogens is 348 g/mol. The maximum atomic E-state index is 10.7. The Labute approximate surface area is 136 Å². The van der Waals surface area contributed by atoms with Gasteiger partial charge in [0.05, 0.1) is 6.20 Å². The lowest BCUT2D eigenvalue weighted by atomic mass is 10.3. The standard InChI is InChI=1S/C14H15BrN6O/c15-11-1-3-12(4-2-11)17-13-9-16-19-14(18-13)21-7-5-20(10-22)6-8-21/h1-4,9-10H,5-8H2,(H,17,18,19). The molecule has 1 aliphatic rings. The summed E-state index contributed by atoms with van der Waals surface area (Å²) in [5.41, 5.74) is 0.931. The molecule has 0 aliphatic carbocycles. The monoisotopic (exact) mass is 362 g/mol. The second-order valence-electron chi connectivity index (χ2n) is 4.90. The Morgan fingerprint density at radius 2 is 1.86 bits per heavy atom. The van der Waals surface area contributed by atoms with Crippen LogP contribution in [0.25, 0.3) is 0 Å². The summed E-state index contributed by atoms with van der Waals surface area (Å²) in [5, 5.41) is 11.3. The van der Waals surface area contributed by atoms with Crippen LogP contribution in [-0.2, 0) is 4.79 Å². The number of nitrogens with one attached hydrogen (secondary N) is 1. The molecule has 114 valence electrons. The number of carbonyl (C=O) groups is 1. The van der Waals surface area contributed by atoms with Gasteiger partial charge in [0.2, 0.25) is 12.4 Å². The van der Waals surface area contributed by atoms with E-state index in [1.807, 2.05) is 29.2 Å². The Morgan fingerprint density at radius 3 is 2.55 bits per heavy atom. The van der Waals surface area contributed by atoms with Gasteiger partial charge >= 0.3 is 0 Å². The minimum absolute atomic E-state index is 0.577. The molecule has 7 nitrogen and oxygen atoms in total. The topological polar surface area (TPSA) is 74.2 Å². The molecule has 1 N–H and O–H groups in total. The summed E-state index contributed by atoms with van der Waals surface area (Å²) < 4.78 is 1.02. The molecule has 8 heteroatoms.